The molecule has 0 bridgehead atoms. The molecule has 2 heterocycles. The largest absolute Gasteiger partial charge is 0.394 e. The third kappa shape index (κ3) is 6.42. The average molecular weight is 469 g/mol. The van der Waals surface area contributed by atoms with Crippen LogP contribution in [-0.4, -0.2) is 134 Å². The molecular formula is C19H35NO12. The zero-order chi connectivity index (χ0) is 24.0. The fourth-order valence-electron chi connectivity index (χ4n) is 3.42. The van der Waals surface area contributed by atoms with Crippen molar-refractivity contribution in [1.29, 1.82) is 0 Å². The molecule has 0 amide bonds. The molecular weight excluding hydrogens is 434 g/mol. The Hall–Kier alpha value is -0.780. The Balaban J connectivity index is 2.01. The van der Waals surface area contributed by atoms with E-state index in [9.17, 15) is 40.9 Å². The number of ether oxygens (including phenoxy) is 4. The molecule has 2 saturated heterocycles. The maximum absolute atomic E-state index is 10.5. The van der Waals surface area contributed by atoms with Crippen molar-refractivity contribution in [2.75, 3.05) is 19.8 Å². The average Bonchev–Trinajstić information content (AvgIpc) is 2.79. The Morgan fingerprint density at radius 2 is 1.47 bits per heavy atom. The van der Waals surface area contributed by atoms with Crippen LogP contribution in [0.5, 0.6) is 0 Å². The number of aliphatic hydroxyl groups is 8. The van der Waals surface area contributed by atoms with Gasteiger partial charge in [0.05, 0.1) is 32.0 Å². The minimum Gasteiger partial charge on any atom is -0.394 e. The van der Waals surface area contributed by atoms with Gasteiger partial charge in [0, 0.05) is 0 Å². The maximum Gasteiger partial charge on any atom is 0.187 e. The predicted molar refractivity (Wildman–Crippen MR) is 106 cm³/mol. The van der Waals surface area contributed by atoms with Crippen molar-refractivity contribution < 1.29 is 59.8 Å². The van der Waals surface area contributed by atoms with Crippen LogP contribution in [0.3, 0.4) is 0 Å². The summed E-state index contributed by atoms with van der Waals surface area (Å²) in [5.74, 6) is 0. The lowest BCUT2D eigenvalue weighted by atomic mass is 9.97. The number of nitrogens with two attached hydrogens (primary N) is 1. The summed E-state index contributed by atoms with van der Waals surface area (Å²) in [5, 5.41) is 79.6. The Morgan fingerprint density at radius 1 is 0.875 bits per heavy atom. The molecule has 2 aliphatic rings. The summed E-state index contributed by atoms with van der Waals surface area (Å²) in [7, 11) is 0. The lowest BCUT2D eigenvalue weighted by Gasteiger charge is -2.46. The van der Waals surface area contributed by atoms with Gasteiger partial charge in [0.15, 0.2) is 12.6 Å². The molecule has 0 aromatic heterocycles. The smallest absolute Gasteiger partial charge is 0.187 e. The van der Waals surface area contributed by atoms with E-state index < -0.39 is 86.8 Å². The van der Waals surface area contributed by atoms with E-state index in [0.717, 1.165) is 0 Å². The van der Waals surface area contributed by atoms with Crippen molar-refractivity contribution in [3.8, 4) is 0 Å². The number of aliphatic hydroxyl groups excluding tert-OH is 8. The minimum absolute atomic E-state index is 0.236. The molecule has 2 aliphatic heterocycles. The summed E-state index contributed by atoms with van der Waals surface area (Å²) in [5.41, 5.74) is 5.83. The highest BCUT2D eigenvalue weighted by Gasteiger charge is 2.50. The highest BCUT2D eigenvalue weighted by molar-refractivity contribution is 4.95. The number of allylic oxidation sites excluding steroid dienone is 1. The van der Waals surface area contributed by atoms with Crippen LogP contribution in [0.25, 0.3) is 0 Å². The second kappa shape index (κ2) is 12.6. The van der Waals surface area contributed by atoms with Crippen molar-refractivity contribution in [3.05, 3.63) is 12.2 Å². The van der Waals surface area contributed by atoms with Gasteiger partial charge in [0.2, 0.25) is 0 Å². The van der Waals surface area contributed by atoms with Crippen LogP contribution in [0.1, 0.15) is 13.3 Å². The van der Waals surface area contributed by atoms with Crippen LogP contribution in [0.2, 0.25) is 0 Å². The van der Waals surface area contributed by atoms with Gasteiger partial charge in [0.25, 0.3) is 0 Å². The molecule has 12 atom stereocenters. The van der Waals surface area contributed by atoms with E-state index in [0.29, 0.717) is 6.42 Å². The molecule has 2 fully saturated rings. The fraction of sp³-hybridized carbons (Fsp3) is 0.895. The van der Waals surface area contributed by atoms with Gasteiger partial charge in [-0.2, -0.15) is 0 Å². The maximum atomic E-state index is 10.5. The SMILES string of the molecule is CC/C=C/[C@@H](O)[C@@H](N)COC1OC(CO)[C@@H](OC2OC(CO)[C@H](O)[C@H](O)[C@@H]2O)[C@H](O)[C@@H]1O. The molecule has 0 aromatic carbocycles. The van der Waals surface area contributed by atoms with Gasteiger partial charge >= 0.3 is 0 Å². The predicted octanol–water partition coefficient (Wildman–Crippen LogP) is -4.72. The van der Waals surface area contributed by atoms with E-state index >= 15 is 0 Å². The third-order valence-electron chi connectivity index (χ3n) is 5.42. The summed E-state index contributed by atoms with van der Waals surface area (Å²) in [6.45, 7) is 0.284. The minimum atomic E-state index is -1.75. The zero-order valence-electron chi connectivity index (χ0n) is 17.7. The van der Waals surface area contributed by atoms with Crippen molar-refractivity contribution in [3.63, 3.8) is 0 Å². The fourth-order valence-corrected chi connectivity index (χ4v) is 3.42. The number of hydrogen-bond acceptors (Lipinski definition) is 13. The lowest BCUT2D eigenvalue weighted by molar-refractivity contribution is -0.359. The summed E-state index contributed by atoms with van der Waals surface area (Å²) >= 11 is 0. The van der Waals surface area contributed by atoms with E-state index in [1.165, 1.54) is 6.08 Å². The molecule has 188 valence electrons. The van der Waals surface area contributed by atoms with Crippen molar-refractivity contribution in [2.45, 2.75) is 86.9 Å². The highest BCUT2D eigenvalue weighted by Crippen LogP contribution is 2.29. The third-order valence-corrected chi connectivity index (χ3v) is 5.42. The van der Waals surface area contributed by atoms with Crippen LogP contribution >= 0.6 is 0 Å². The summed E-state index contributed by atoms with van der Waals surface area (Å²) < 4.78 is 21.5. The summed E-state index contributed by atoms with van der Waals surface area (Å²) in [6, 6.07) is -0.846. The monoisotopic (exact) mass is 469 g/mol. The van der Waals surface area contributed by atoms with E-state index in [1.807, 2.05) is 6.92 Å². The van der Waals surface area contributed by atoms with Gasteiger partial charge in [-0.1, -0.05) is 19.1 Å². The molecule has 13 nitrogen and oxygen atoms in total. The first-order valence-corrected chi connectivity index (χ1v) is 10.5. The van der Waals surface area contributed by atoms with Crippen molar-refractivity contribution in [1.82, 2.24) is 0 Å². The molecule has 32 heavy (non-hydrogen) atoms. The second-order valence-corrected chi connectivity index (χ2v) is 7.83. The Bertz CT molecular complexity index is 579. The second-order valence-electron chi connectivity index (χ2n) is 7.83. The molecule has 10 N–H and O–H groups in total. The summed E-state index contributed by atoms with van der Waals surface area (Å²) in [4.78, 5) is 0. The molecule has 13 heteroatoms. The van der Waals surface area contributed by atoms with Gasteiger partial charge in [0.1, 0.15) is 48.8 Å². The lowest BCUT2D eigenvalue weighted by Crippen LogP contribution is -2.64. The quantitative estimate of drug-likeness (QED) is 0.137. The van der Waals surface area contributed by atoms with E-state index in [1.54, 1.807) is 6.08 Å². The normalized spacial score (nSPS) is 42.8. The van der Waals surface area contributed by atoms with E-state index in [4.69, 9.17) is 24.7 Å². The molecule has 4 unspecified atom stereocenters. The van der Waals surface area contributed by atoms with E-state index in [2.05, 4.69) is 0 Å². The number of rotatable bonds is 10. The van der Waals surface area contributed by atoms with E-state index in [-0.39, 0.29) is 6.61 Å². The van der Waals surface area contributed by atoms with Crippen LogP contribution in [0.4, 0.5) is 0 Å². The van der Waals surface area contributed by atoms with Crippen LogP contribution in [-0.2, 0) is 18.9 Å². The molecule has 0 radical (unpaired) electrons. The van der Waals surface area contributed by atoms with Gasteiger partial charge in [-0.25, -0.2) is 0 Å². The van der Waals surface area contributed by atoms with Crippen molar-refractivity contribution in [2.24, 2.45) is 5.73 Å². The summed E-state index contributed by atoms with van der Waals surface area (Å²) in [6.07, 6.45) is -12.4. The van der Waals surface area contributed by atoms with Crippen LogP contribution in [0.15, 0.2) is 12.2 Å². The Morgan fingerprint density at radius 3 is 2.06 bits per heavy atom. The first-order valence-electron chi connectivity index (χ1n) is 10.5. The first kappa shape index (κ1) is 27.5. The molecule has 0 saturated carbocycles. The zero-order valence-corrected chi connectivity index (χ0v) is 17.7. The molecule has 0 aliphatic carbocycles. The van der Waals surface area contributed by atoms with Crippen LogP contribution in [0, 0.1) is 0 Å². The highest BCUT2D eigenvalue weighted by atomic mass is 16.7. The van der Waals surface area contributed by atoms with Crippen molar-refractivity contribution >= 4 is 0 Å². The number of hydrogen-bond donors (Lipinski definition) is 9. The first-order chi connectivity index (χ1) is 15.2. The van der Waals surface area contributed by atoms with Gasteiger partial charge in [-0.15, -0.1) is 0 Å². The molecule has 0 aromatic rings. The van der Waals surface area contributed by atoms with Gasteiger partial charge < -0.3 is 65.5 Å². The molecule has 0 spiro atoms. The van der Waals surface area contributed by atoms with Gasteiger partial charge in [-0.3, -0.25) is 0 Å². The van der Waals surface area contributed by atoms with Gasteiger partial charge in [-0.05, 0) is 6.42 Å². The molecule has 2 rings (SSSR count). The Kier molecular flexibility index (Phi) is 10.8. The Labute approximate surface area is 185 Å². The van der Waals surface area contributed by atoms with Crippen LogP contribution < -0.4 is 5.73 Å². The topological polar surface area (TPSA) is 225 Å². The standard InChI is InChI=1S/C19H35NO12/c1-2-3-4-9(23)8(20)7-29-18-16(28)14(26)17(11(6-22)31-18)32-19-15(27)13(25)12(24)10(5-21)30-19/h3-4,8-19,21-28H,2,5-7,20H2,1H3/b4-3+/t8-,9+,10?,11?,12-,13-,14+,15-,16-,17+,18?,19?/m0/s1.